The van der Waals surface area contributed by atoms with Gasteiger partial charge in [0.15, 0.2) is 0 Å². The zero-order valence-electron chi connectivity index (χ0n) is 11.8. The molecule has 0 aromatic carbocycles. The lowest BCUT2D eigenvalue weighted by Crippen LogP contribution is -2.17. The van der Waals surface area contributed by atoms with Gasteiger partial charge in [0, 0.05) is 6.92 Å². The number of hydrogen-bond donors (Lipinski definition) is 2. The summed E-state index contributed by atoms with van der Waals surface area (Å²) in [4.78, 5) is 23.5. The van der Waals surface area contributed by atoms with Crippen LogP contribution in [0.5, 0.6) is 0 Å². The second-order valence-corrected chi connectivity index (χ2v) is 5.29. The third-order valence-corrected chi connectivity index (χ3v) is 3.86. The van der Waals surface area contributed by atoms with E-state index >= 15 is 0 Å². The molecule has 0 aliphatic rings. The van der Waals surface area contributed by atoms with Gasteiger partial charge in [-0.05, 0) is 24.6 Å². The minimum Gasteiger partial charge on any atom is -0.463 e. The molecule has 22 heavy (non-hydrogen) atoms. The maximum Gasteiger partial charge on any atom is 0.281 e. The number of thiophene rings is 1. The highest BCUT2D eigenvalue weighted by molar-refractivity contribution is 7.18. The molecule has 0 atom stereocenters. The summed E-state index contributed by atoms with van der Waals surface area (Å²) in [5.41, 5.74) is 3.13. The zero-order chi connectivity index (χ0) is 16.1. The van der Waals surface area contributed by atoms with Crippen molar-refractivity contribution in [2.75, 3.05) is 5.32 Å². The minimum atomic E-state index is -0.460. The molecule has 8 heteroatoms. The number of furan rings is 1. The molecule has 2 N–H and O–H groups in total. The largest absolute Gasteiger partial charge is 0.463 e. The van der Waals surface area contributed by atoms with Crippen molar-refractivity contribution >= 4 is 34.4 Å². The van der Waals surface area contributed by atoms with E-state index in [0.29, 0.717) is 21.2 Å². The zero-order valence-corrected chi connectivity index (χ0v) is 12.7. The Balaban J connectivity index is 2.17. The van der Waals surface area contributed by atoms with Crippen molar-refractivity contribution < 1.29 is 14.0 Å². The van der Waals surface area contributed by atoms with E-state index in [-0.39, 0.29) is 11.5 Å². The van der Waals surface area contributed by atoms with Gasteiger partial charge in [0.1, 0.15) is 21.7 Å². The molecule has 0 bridgehead atoms. The molecule has 2 amide bonds. The molecule has 0 aliphatic heterocycles. The first-order valence-electron chi connectivity index (χ1n) is 6.21. The Labute approximate surface area is 130 Å². The number of anilines is 1. The lowest BCUT2D eigenvalue weighted by Gasteiger charge is -1.97. The Hall–Kier alpha value is -2.92. The highest BCUT2D eigenvalue weighted by Gasteiger charge is 2.20. The predicted octanol–water partition coefficient (Wildman–Crippen LogP) is 2.24. The SMILES string of the molecule is CC(=O)Nc1sc(C(=O)N/N=C\c2ccco2)c(C)c1C#N. The van der Waals surface area contributed by atoms with Gasteiger partial charge in [-0.1, -0.05) is 0 Å². The molecular weight excluding hydrogens is 304 g/mol. The van der Waals surface area contributed by atoms with Crippen molar-refractivity contribution in [1.29, 1.82) is 5.26 Å². The Morgan fingerprint density at radius 3 is 2.86 bits per heavy atom. The summed E-state index contributed by atoms with van der Waals surface area (Å²) in [5.74, 6) is -0.265. The fourth-order valence-corrected chi connectivity index (χ4v) is 2.78. The lowest BCUT2D eigenvalue weighted by atomic mass is 10.1. The van der Waals surface area contributed by atoms with Crippen LogP contribution in [0.15, 0.2) is 27.9 Å². The van der Waals surface area contributed by atoms with Crippen LogP contribution in [0.3, 0.4) is 0 Å². The monoisotopic (exact) mass is 316 g/mol. The molecule has 0 saturated carbocycles. The van der Waals surface area contributed by atoms with E-state index in [4.69, 9.17) is 9.68 Å². The van der Waals surface area contributed by atoms with Gasteiger partial charge in [0.25, 0.3) is 5.91 Å². The van der Waals surface area contributed by atoms with Gasteiger partial charge in [-0.2, -0.15) is 10.4 Å². The van der Waals surface area contributed by atoms with Crippen LogP contribution < -0.4 is 10.7 Å². The van der Waals surface area contributed by atoms with Crippen molar-refractivity contribution in [1.82, 2.24) is 5.43 Å². The molecule has 2 aromatic heterocycles. The number of nitrogens with zero attached hydrogens (tertiary/aromatic N) is 2. The number of nitriles is 1. The summed E-state index contributed by atoms with van der Waals surface area (Å²) < 4.78 is 5.04. The van der Waals surface area contributed by atoms with E-state index in [1.54, 1.807) is 19.1 Å². The topological polar surface area (TPSA) is 107 Å². The van der Waals surface area contributed by atoms with Gasteiger partial charge in [-0.3, -0.25) is 9.59 Å². The summed E-state index contributed by atoms with van der Waals surface area (Å²) in [5, 5.41) is 15.8. The van der Waals surface area contributed by atoms with Crippen molar-refractivity contribution in [3.05, 3.63) is 40.2 Å². The number of carbonyl (C=O) groups is 2. The van der Waals surface area contributed by atoms with E-state index in [0.717, 1.165) is 11.3 Å². The van der Waals surface area contributed by atoms with Crippen LogP contribution in [0.1, 0.15) is 33.5 Å². The summed E-state index contributed by atoms with van der Waals surface area (Å²) >= 11 is 1.03. The molecule has 0 unspecified atom stereocenters. The molecule has 2 heterocycles. The second kappa shape index (κ2) is 6.69. The van der Waals surface area contributed by atoms with Crippen LogP contribution in [0, 0.1) is 18.3 Å². The second-order valence-electron chi connectivity index (χ2n) is 4.27. The lowest BCUT2D eigenvalue weighted by molar-refractivity contribution is -0.114. The van der Waals surface area contributed by atoms with Gasteiger partial charge >= 0.3 is 0 Å². The summed E-state index contributed by atoms with van der Waals surface area (Å²) in [7, 11) is 0. The van der Waals surface area contributed by atoms with Crippen LogP contribution in [0.2, 0.25) is 0 Å². The average molecular weight is 316 g/mol. The van der Waals surface area contributed by atoms with Crippen LogP contribution in [0.25, 0.3) is 0 Å². The first kappa shape index (κ1) is 15.5. The molecule has 0 radical (unpaired) electrons. The number of amides is 2. The van der Waals surface area contributed by atoms with E-state index in [1.807, 2.05) is 6.07 Å². The first-order valence-corrected chi connectivity index (χ1v) is 7.02. The van der Waals surface area contributed by atoms with Gasteiger partial charge in [0.05, 0.1) is 18.0 Å². The van der Waals surface area contributed by atoms with Crippen LogP contribution >= 0.6 is 11.3 Å². The van der Waals surface area contributed by atoms with Gasteiger partial charge < -0.3 is 9.73 Å². The van der Waals surface area contributed by atoms with Crippen molar-refractivity contribution in [3.63, 3.8) is 0 Å². The Kier molecular flexibility index (Phi) is 4.70. The van der Waals surface area contributed by atoms with Crippen molar-refractivity contribution in [2.45, 2.75) is 13.8 Å². The average Bonchev–Trinajstić information content (AvgIpc) is 3.06. The normalized spacial score (nSPS) is 10.4. The fraction of sp³-hybridized carbons (Fsp3) is 0.143. The molecule has 0 aliphatic carbocycles. The Morgan fingerprint density at radius 1 is 1.50 bits per heavy atom. The Morgan fingerprint density at radius 2 is 2.27 bits per heavy atom. The van der Waals surface area contributed by atoms with Crippen LogP contribution in [-0.2, 0) is 4.79 Å². The number of nitrogens with one attached hydrogen (secondary N) is 2. The molecule has 7 nitrogen and oxygen atoms in total. The van der Waals surface area contributed by atoms with Crippen LogP contribution in [-0.4, -0.2) is 18.0 Å². The van der Waals surface area contributed by atoms with E-state index in [1.165, 1.54) is 19.4 Å². The predicted molar refractivity (Wildman–Crippen MR) is 81.8 cm³/mol. The van der Waals surface area contributed by atoms with E-state index < -0.39 is 5.91 Å². The number of hydrazone groups is 1. The van der Waals surface area contributed by atoms with Gasteiger partial charge in [-0.25, -0.2) is 5.43 Å². The molecule has 0 fully saturated rings. The molecule has 0 spiro atoms. The number of carbonyl (C=O) groups excluding carboxylic acids is 2. The standard InChI is InChI=1S/C14H12N4O3S/c1-8-11(6-15)14(17-9(2)19)22-12(8)13(20)18-16-7-10-4-3-5-21-10/h3-5,7H,1-2H3,(H,17,19)(H,18,20)/b16-7-. The summed E-state index contributed by atoms with van der Waals surface area (Å²) in [6, 6.07) is 5.37. The summed E-state index contributed by atoms with van der Waals surface area (Å²) in [6.07, 6.45) is 2.85. The highest BCUT2D eigenvalue weighted by Crippen LogP contribution is 2.32. The minimum absolute atomic E-state index is 0.278. The van der Waals surface area contributed by atoms with Crippen molar-refractivity contribution in [2.24, 2.45) is 5.10 Å². The van der Waals surface area contributed by atoms with Crippen LogP contribution in [0.4, 0.5) is 5.00 Å². The van der Waals surface area contributed by atoms with Crippen molar-refractivity contribution in [3.8, 4) is 6.07 Å². The maximum atomic E-state index is 12.1. The quantitative estimate of drug-likeness (QED) is 0.666. The first-order chi connectivity index (χ1) is 10.5. The summed E-state index contributed by atoms with van der Waals surface area (Å²) in [6.45, 7) is 2.98. The van der Waals surface area contributed by atoms with Gasteiger partial charge in [0.2, 0.25) is 5.91 Å². The molecule has 0 saturated heterocycles. The van der Waals surface area contributed by atoms with E-state index in [9.17, 15) is 9.59 Å². The number of rotatable bonds is 4. The fourth-order valence-electron chi connectivity index (χ4n) is 1.68. The number of hydrogen-bond acceptors (Lipinski definition) is 6. The third-order valence-electron chi connectivity index (χ3n) is 2.66. The molecular formula is C14H12N4O3S. The molecule has 2 rings (SSSR count). The maximum absolute atomic E-state index is 12.1. The van der Waals surface area contributed by atoms with Gasteiger partial charge in [-0.15, -0.1) is 11.3 Å². The molecule has 112 valence electrons. The highest BCUT2D eigenvalue weighted by atomic mass is 32.1. The third kappa shape index (κ3) is 3.39. The molecule has 2 aromatic rings. The van der Waals surface area contributed by atoms with E-state index in [2.05, 4.69) is 15.8 Å². The Bertz CT molecular complexity index is 769. The smallest absolute Gasteiger partial charge is 0.281 e.